The van der Waals surface area contributed by atoms with Crippen LogP contribution in [0.4, 0.5) is 0 Å². The first-order valence-electron chi connectivity index (χ1n) is 14.6. The van der Waals surface area contributed by atoms with Crippen LogP contribution in [0.2, 0.25) is 36.3 Å². The maximum Gasteiger partial charge on any atom is 0.192 e. The van der Waals surface area contributed by atoms with Gasteiger partial charge in [0.15, 0.2) is 22.4 Å². The highest BCUT2D eigenvalue weighted by atomic mass is 28.4. The second kappa shape index (κ2) is 14.4. The Kier molecular flexibility index (Phi) is 13.7. The third-order valence-corrected chi connectivity index (χ3v) is 18.9. The fourth-order valence-electron chi connectivity index (χ4n) is 6.24. The topological polar surface area (TPSA) is 57.2 Å². The lowest BCUT2D eigenvalue weighted by Crippen LogP contribution is -2.62. The van der Waals surface area contributed by atoms with Crippen molar-refractivity contribution in [3.63, 3.8) is 0 Å². The van der Waals surface area contributed by atoms with Gasteiger partial charge in [-0.25, -0.2) is 0 Å². The van der Waals surface area contributed by atoms with E-state index in [2.05, 4.69) is 76.2 Å². The summed E-state index contributed by atoms with van der Waals surface area (Å²) >= 11 is 0. The van der Waals surface area contributed by atoms with Crippen LogP contribution in [0, 0.1) is 23.7 Å². The Morgan fingerprint density at radius 2 is 1.37 bits per heavy atom. The van der Waals surface area contributed by atoms with E-state index in [1.165, 1.54) is 0 Å². The van der Waals surface area contributed by atoms with Gasteiger partial charge in [-0.15, -0.1) is 0 Å². The van der Waals surface area contributed by atoms with Crippen LogP contribution in [0.3, 0.4) is 0 Å². The van der Waals surface area contributed by atoms with Gasteiger partial charge in [-0.3, -0.25) is 0 Å². The molecule has 35 heavy (non-hydrogen) atoms. The van der Waals surface area contributed by atoms with E-state index in [0.717, 1.165) is 36.3 Å². The number of ether oxygens (including phenoxy) is 2. The van der Waals surface area contributed by atoms with E-state index < -0.39 is 22.4 Å². The smallest absolute Gasteiger partial charge is 0.192 e. The summed E-state index contributed by atoms with van der Waals surface area (Å²) in [7, 11) is -1.92. The Bertz CT molecular complexity index is 579. The number of aliphatic hydroxyl groups is 1. The van der Waals surface area contributed by atoms with Crippen molar-refractivity contribution in [2.75, 3.05) is 13.7 Å². The molecule has 0 spiro atoms. The van der Waals surface area contributed by atoms with Crippen LogP contribution < -0.4 is 0 Å². The predicted octanol–water partition coefficient (Wildman–Crippen LogP) is 7.46. The Labute approximate surface area is 220 Å². The maximum atomic E-state index is 10.2. The third kappa shape index (κ3) is 7.42. The van der Waals surface area contributed by atoms with Crippen molar-refractivity contribution >= 4 is 16.6 Å². The summed E-state index contributed by atoms with van der Waals surface area (Å²) in [5, 5.41) is 10.2. The summed E-state index contributed by atoms with van der Waals surface area (Å²) in [6.45, 7) is 24.9. The number of rotatable bonds is 16. The Morgan fingerprint density at radius 1 is 0.886 bits per heavy atom. The molecule has 0 bridgehead atoms. The van der Waals surface area contributed by atoms with Gasteiger partial charge in [0.25, 0.3) is 0 Å². The van der Waals surface area contributed by atoms with E-state index in [1.54, 1.807) is 7.11 Å². The zero-order valence-corrected chi connectivity index (χ0v) is 27.3. The van der Waals surface area contributed by atoms with Gasteiger partial charge in [0.1, 0.15) is 0 Å². The van der Waals surface area contributed by atoms with Crippen molar-refractivity contribution in [1.29, 1.82) is 0 Å². The molecule has 0 unspecified atom stereocenters. The molecule has 1 fully saturated rings. The first kappa shape index (κ1) is 33.3. The van der Waals surface area contributed by atoms with Crippen LogP contribution in [0.1, 0.15) is 82.6 Å². The lowest BCUT2D eigenvalue weighted by atomic mass is 9.77. The summed E-state index contributed by atoms with van der Waals surface area (Å²) in [5.74, 6) is -0.183. The Morgan fingerprint density at radius 3 is 1.74 bits per heavy atom. The molecule has 5 nitrogen and oxygen atoms in total. The van der Waals surface area contributed by atoms with E-state index >= 15 is 0 Å². The summed E-state index contributed by atoms with van der Waals surface area (Å²) in [6, 6.07) is 6.65. The van der Waals surface area contributed by atoms with E-state index in [9.17, 15) is 5.11 Å². The van der Waals surface area contributed by atoms with Crippen LogP contribution in [0.25, 0.3) is 0 Å². The molecule has 0 aromatic heterocycles. The molecule has 7 atom stereocenters. The minimum atomic E-state index is -1.90. The van der Waals surface area contributed by atoms with Crippen molar-refractivity contribution in [2.24, 2.45) is 23.7 Å². The summed E-state index contributed by atoms with van der Waals surface area (Å²) in [4.78, 5) is 0. The SMILES string of the molecule is CC[Si](CC)(CC)O[C@H]([C@H](C)CO)[C@H](C)[C@@]1(OC)C[C@@H](O[Si](CC)(CC)CC)[C@H](C)[C@@H](C(C)C)O1. The molecule has 7 heteroatoms. The van der Waals surface area contributed by atoms with Crippen molar-refractivity contribution in [1.82, 2.24) is 0 Å². The van der Waals surface area contributed by atoms with Crippen molar-refractivity contribution in [2.45, 2.75) is 143 Å². The largest absolute Gasteiger partial charge is 0.413 e. The molecular weight excluding hydrogens is 472 g/mol. The van der Waals surface area contributed by atoms with Crippen LogP contribution >= 0.6 is 0 Å². The molecule has 1 saturated heterocycles. The van der Waals surface area contributed by atoms with Gasteiger partial charge in [-0.05, 0) is 42.2 Å². The molecule has 1 rings (SSSR count). The van der Waals surface area contributed by atoms with Gasteiger partial charge in [0.05, 0.1) is 18.3 Å². The Balaban J connectivity index is 3.50. The van der Waals surface area contributed by atoms with E-state index in [0.29, 0.717) is 18.3 Å². The molecule has 0 amide bonds. The highest BCUT2D eigenvalue weighted by molar-refractivity contribution is 6.74. The van der Waals surface area contributed by atoms with Crippen LogP contribution in [0.5, 0.6) is 0 Å². The number of methoxy groups -OCH3 is 1. The lowest BCUT2D eigenvalue weighted by Gasteiger charge is -2.54. The molecule has 0 radical (unpaired) electrons. The molecule has 0 aromatic rings. The van der Waals surface area contributed by atoms with E-state index in [-0.39, 0.29) is 36.8 Å². The van der Waals surface area contributed by atoms with Gasteiger partial charge in [-0.1, -0.05) is 76.2 Å². The van der Waals surface area contributed by atoms with Crippen molar-refractivity contribution < 1.29 is 23.4 Å². The van der Waals surface area contributed by atoms with Crippen molar-refractivity contribution in [3.05, 3.63) is 0 Å². The van der Waals surface area contributed by atoms with E-state index in [4.69, 9.17) is 18.3 Å². The normalized spacial score (nSPS) is 28.8. The molecule has 1 aliphatic heterocycles. The van der Waals surface area contributed by atoms with Gasteiger partial charge < -0.3 is 23.4 Å². The second-order valence-electron chi connectivity index (χ2n) is 11.6. The number of aliphatic hydroxyl groups excluding tert-OH is 1. The monoisotopic (exact) mass is 532 g/mol. The van der Waals surface area contributed by atoms with Crippen LogP contribution in [-0.4, -0.2) is 59.6 Å². The van der Waals surface area contributed by atoms with Crippen LogP contribution in [-0.2, 0) is 18.3 Å². The zero-order chi connectivity index (χ0) is 27.0. The standard InChI is InChI=1S/C28H60O5Si2/c1-13-34(14-2,15-3)32-25-19-28(30-12,31-26(21(7)8)23(25)10)24(11)27(22(9)20-29)33-35(16-4,17-5)18-6/h21-27,29H,13-20H2,1-12H3/t22-,23+,24+,25-,26-,27-,28-/m1/s1. The third-order valence-electron chi connectivity index (χ3n) is 9.62. The molecule has 1 heterocycles. The maximum absolute atomic E-state index is 10.2. The quantitative estimate of drug-likeness (QED) is 0.209. The highest BCUT2D eigenvalue weighted by Gasteiger charge is 2.54. The number of hydrogen-bond donors (Lipinski definition) is 1. The van der Waals surface area contributed by atoms with Crippen LogP contribution in [0.15, 0.2) is 0 Å². The minimum absolute atomic E-state index is 0.00348. The summed E-state index contributed by atoms with van der Waals surface area (Å²) in [6.07, 6.45) is 0.726. The first-order chi connectivity index (χ1) is 16.4. The fourth-order valence-corrected chi connectivity index (χ4v) is 12.2. The molecule has 0 aromatic carbocycles. The molecule has 0 saturated carbocycles. The summed E-state index contributed by atoms with van der Waals surface area (Å²) in [5.41, 5.74) is 0. The van der Waals surface area contributed by atoms with Gasteiger partial charge in [-0.2, -0.15) is 0 Å². The molecule has 1 N–H and O–H groups in total. The lowest BCUT2D eigenvalue weighted by molar-refractivity contribution is -0.335. The first-order valence-corrected chi connectivity index (χ1v) is 19.7. The fraction of sp³-hybridized carbons (Fsp3) is 1.00. The van der Waals surface area contributed by atoms with Gasteiger partial charge in [0.2, 0.25) is 0 Å². The highest BCUT2D eigenvalue weighted by Crippen LogP contribution is 2.46. The zero-order valence-electron chi connectivity index (χ0n) is 25.3. The average Bonchev–Trinajstić information content (AvgIpc) is 2.88. The Hall–Kier alpha value is 0.234. The molecule has 210 valence electrons. The van der Waals surface area contributed by atoms with Gasteiger partial charge in [0, 0.05) is 37.9 Å². The second-order valence-corrected chi connectivity index (χ2v) is 21.0. The summed E-state index contributed by atoms with van der Waals surface area (Å²) < 4.78 is 27.6. The molecule has 1 aliphatic rings. The molecule has 0 aliphatic carbocycles. The minimum Gasteiger partial charge on any atom is -0.413 e. The average molecular weight is 533 g/mol. The van der Waals surface area contributed by atoms with Crippen molar-refractivity contribution in [3.8, 4) is 0 Å². The predicted molar refractivity (Wildman–Crippen MR) is 153 cm³/mol. The van der Waals surface area contributed by atoms with E-state index in [1.807, 2.05) is 0 Å². The molecular formula is C28H60O5Si2. The van der Waals surface area contributed by atoms with Gasteiger partial charge >= 0.3 is 0 Å². The number of hydrogen-bond acceptors (Lipinski definition) is 5.